The van der Waals surface area contributed by atoms with E-state index in [-0.39, 0.29) is 31.3 Å². The fourth-order valence-corrected chi connectivity index (χ4v) is 4.11. The quantitative estimate of drug-likeness (QED) is 0.784. The monoisotopic (exact) mass is 347 g/mol. The van der Waals surface area contributed by atoms with Crippen molar-refractivity contribution in [3.63, 3.8) is 0 Å². The minimum atomic E-state index is -1.13. The lowest BCUT2D eigenvalue weighted by molar-refractivity contribution is -0.169. The van der Waals surface area contributed by atoms with Gasteiger partial charge in [0.2, 0.25) is 5.91 Å². The lowest BCUT2D eigenvalue weighted by Gasteiger charge is -2.31. The lowest BCUT2D eigenvalue weighted by atomic mass is 9.80. The first-order valence-electron chi connectivity index (χ1n) is 8.87. The van der Waals surface area contributed by atoms with Gasteiger partial charge in [-0.3, -0.25) is 9.59 Å². The Morgan fingerprint density at radius 1 is 1.32 bits per heavy atom. The van der Waals surface area contributed by atoms with Gasteiger partial charge in [0.05, 0.1) is 17.4 Å². The zero-order valence-electron chi connectivity index (χ0n) is 15.3. The van der Waals surface area contributed by atoms with Crippen LogP contribution in [-0.2, 0) is 14.3 Å². The molecule has 2 aliphatic rings. The van der Waals surface area contributed by atoms with Crippen LogP contribution in [0.2, 0.25) is 0 Å². The minimum absolute atomic E-state index is 0.0658. The van der Waals surface area contributed by atoms with Gasteiger partial charge in [0.1, 0.15) is 11.8 Å². The number of fused-ring (bicyclic) bond motifs is 1. The molecule has 2 unspecified atom stereocenters. The van der Waals surface area contributed by atoms with E-state index in [0.29, 0.717) is 0 Å². The fraction of sp³-hybridized carbons (Fsp3) is 0.600. The van der Waals surface area contributed by atoms with E-state index in [9.17, 15) is 14.0 Å². The molecule has 3 rings (SSSR count). The summed E-state index contributed by atoms with van der Waals surface area (Å²) >= 11 is 0. The highest BCUT2D eigenvalue weighted by Crippen LogP contribution is 2.53. The molecule has 1 aliphatic heterocycles. The van der Waals surface area contributed by atoms with Crippen molar-refractivity contribution in [1.29, 1.82) is 0 Å². The molecule has 4 atom stereocenters. The standard InChI is InChI=1S/C20H26FNO3/c1-13(14-8-6-5-7-9-14)22-12-20(18(24)25-19(2,3)4)11-15(21)10-16(20)17(22)23/h5-9,13,15-16H,10-12H2,1-4H3/t13-,15?,16+,20?/m1/s1. The van der Waals surface area contributed by atoms with Crippen LogP contribution in [0.15, 0.2) is 30.3 Å². The van der Waals surface area contributed by atoms with Crippen molar-refractivity contribution in [3.8, 4) is 0 Å². The summed E-state index contributed by atoms with van der Waals surface area (Å²) in [7, 11) is 0. The van der Waals surface area contributed by atoms with Gasteiger partial charge >= 0.3 is 5.97 Å². The molecule has 1 saturated carbocycles. The van der Waals surface area contributed by atoms with Crippen LogP contribution in [0.4, 0.5) is 4.39 Å². The third-order valence-corrected chi connectivity index (χ3v) is 5.33. The maximum atomic E-state index is 14.1. The molecule has 5 heteroatoms. The van der Waals surface area contributed by atoms with E-state index >= 15 is 0 Å². The molecule has 1 aromatic rings. The number of amides is 1. The Labute approximate surface area is 148 Å². The van der Waals surface area contributed by atoms with E-state index in [1.807, 2.05) is 37.3 Å². The molecule has 0 N–H and O–H groups in total. The molecule has 0 bridgehead atoms. The zero-order valence-corrected chi connectivity index (χ0v) is 15.3. The van der Waals surface area contributed by atoms with Crippen LogP contribution in [0.5, 0.6) is 0 Å². The highest BCUT2D eigenvalue weighted by atomic mass is 19.1. The largest absolute Gasteiger partial charge is 0.459 e. The third kappa shape index (κ3) is 3.16. The lowest BCUT2D eigenvalue weighted by Crippen LogP contribution is -2.41. The highest BCUT2D eigenvalue weighted by Gasteiger charge is 2.64. The number of nitrogens with zero attached hydrogens (tertiary/aromatic N) is 1. The second-order valence-corrected chi connectivity index (χ2v) is 8.30. The van der Waals surface area contributed by atoms with E-state index < -0.39 is 29.1 Å². The molecule has 0 aromatic heterocycles. The van der Waals surface area contributed by atoms with Crippen LogP contribution in [0.1, 0.15) is 52.1 Å². The molecular weight excluding hydrogens is 321 g/mol. The second-order valence-electron chi connectivity index (χ2n) is 8.30. The van der Waals surface area contributed by atoms with Crippen molar-refractivity contribution in [2.75, 3.05) is 6.54 Å². The van der Waals surface area contributed by atoms with Crippen molar-refractivity contribution in [3.05, 3.63) is 35.9 Å². The molecule has 0 spiro atoms. The summed E-state index contributed by atoms with van der Waals surface area (Å²) in [6.07, 6.45) is -0.956. The van der Waals surface area contributed by atoms with Crippen LogP contribution in [0, 0.1) is 11.3 Å². The predicted octanol–water partition coefficient (Wildman–Crippen LogP) is 3.67. The summed E-state index contributed by atoms with van der Waals surface area (Å²) in [5, 5.41) is 0. The average Bonchev–Trinajstić information content (AvgIpc) is 3.00. The first-order valence-corrected chi connectivity index (χ1v) is 8.87. The highest BCUT2D eigenvalue weighted by molar-refractivity contribution is 5.93. The number of hydrogen-bond donors (Lipinski definition) is 0. The SMILES string of the molecule is C[C@H](c1ccccc1)N1CC2(C(=O)OC(C)(C)C)CC(F)C[C@H]2C1=O. The fourth-order valence-electron chi connectivity index (χ4n) is 4.11. The van der Waals surface area contributed by atoms with Crippen LogP contribution >= 0.6 is 0 Å². The topological polar surface area (TPSA) is 46.6 Å². The summed E-state index contributed by atoms with van der Waals surface area (Å²) in [4.78, 5) is 27.6. The summed E-state index contributed by atoms with van der Waals surface area (Å²) in [6, 6.07) is 9.54. The normalized spacial score (nSPS) is 30.3. The van der Waals surface area contributed by atoms with Crippen molar-refractivity contribution in [2.45, 2.75) is 58.4 Å². The maximum Gasteiger partial charge on any atom is 0.315 e. The van der Waals surface area contributed by atoms with Crippen molar-refractivity contribution in [1.82, 2.24) is 4.90 Å². The summed E-state index contributed by atoms with van der Waals surface area (Å²) in [5.41, 5.74) is -0.717. The first-order chi connectivity index (χ1) is 11.6. The Morgan fingerprint density at radius 3 is 2.56 bits per heavy atom. The molecule has 1 amide bonds. The smallest absolute Gasteiger partial charge is 0.315 e. The third-order valence-electron chi connectivity index (χ3n) is 5.33. The first kappa shape index (κ1) is 17.9. The molecule has 1 aromatic carbocycles. The van der Waals surface area contributed by atoms with Crippen LogP contribution in [-0.4, -0.2) is 35.1 Å². The van der Waals surface area contributed by atoms with Crippen LogP contribution in [0.3, 0.4) is 0 Å². The van der Waals surface area contributed by atoms with Gasteiger partial charge < -0.3 is 9.64 Å². The van der Waals surface area contributed by atoms with Gasteiger partial charge in [-0.05, 0) is 46.1 Å². The van der Waals surface area contributed by atoms with Gasteiger partial charge in [-0.15, -0.1) is 0 Å². The minimum Gasteiger partial charge on any atom is -0.459 e. The van der Waals surface area contributed by atoms with Gasteiger partial charge in [-0.25, -0.2) is 4.39 Å². The average molecular weight is 347 g/mol. The molecule has 136 valence electrons. The Bertz CT molecular complexity index is 669. The Hall–Kier alpha value is -1.91. The van der Waals surface area contributed by atoms with Crippen molar-refractivity contribution in [2.24, 2.45) is 11.3 Å². The Morgan fingerprint density at radius 2 is 1.96 bits per heavy atom. The Kier molecular flexibility index (Phi) is 4.38. The second kappa shape index (κ2) is 6.11. The number of likely N-dealkylation sites (tertiary alicyclic amines) is 1. The number of halogens is 1. The van der Waals surface area contributed by atoms with E-state index in [2.05, 4.69) is 0 Å². The van der Waals surface area contributed by atoms with E-state index in [1.165, 1.54) is 0 Å². The molecule has 2 fully saturated rings. The van der Waals surface area contributed by atoms with Crippen LogP contribution in [0.25, 0.3) is 0 Å². The summed E-state index contributed by atoms with van der Waals surface area (Å²) in [6.45, 7) is 7.55. The van der Waals surface area contributed by atoms with Gasteiger partial charge in [-0.1, -0.05) is 30.3 Å². The number of alkyl halides is 1. The Balaban J connectivity index is 1.90. The zero-order chi connectivity index (χ0) is 18.4. The van der Waals surface area contributed by atoms with Gasteiger partial charge in [0.15, 0.2) is 0 Å². The van der Waals surface area contributed by atoms with E-state index in [1.54, 1.807) is 25.7 Å². The van der Waals surface area contributed by atoms with Gasteiger partial charge in [0.25, 0.3) is 0 Å². The van der Waals surface area contributed by atoms with Crippen LogP contribution < -0.4 is 0 Å². The number of rotatable bonds is 3. The molecular formula is C20H26FNO3. The molecule has 1 heterocycles. The van der Waals surface area contributed by atoms with E-state index in [0.717, 1.165) is 5.56 Å². The van der Waals surface area contributed by atoms with Crippen molar-refractivity contribution < 1.29 is 18.7 Å². The number of carbonyl (C=O) groups is 2. The molecule has 25 heavy (non-hydrogen) atoms. The number of ether oxygens (including phenoxy) is 1. The number of esters is 1. The summed E-state index contributed by atoms with van der Waals surface area (Å²) in [5.74, 6) is -1.20. The molecule has 0 radical (unpaired) electrons. The van der Waals surface area contributed by atoms with Crippen molar-refractivity contribution >= 4 is 11.9 Å². The van der Waals surface area contributed by atoms with E-state index in [4.69, 9.17) is 4.74 Å². The maximum absolute atomic E-state index is 14.1. The van der Waals surface area contributed by atoms with Gasteiger partial charge in [0, 0.05) is 6.54 Å². The number of hydrogen-bond acceptors (Lipinski definition) is 3. The molecule has 1 saturated heterocycles. The van der Waals surface area contributed by atoms with Gasteiger partial charge in [-0.2, -0.15) is 0 Å². The summed E-state index contributed by atoms with van der Waals surface area (Å²) < 4.78 is 19.7. The number of benzene rings is 1. The molecule has 1 aliphatic carbocycles. The number of carbonyl (C=O) groups excluding carboxylic acids is 2. The molecule has 4 nitrogen and oxygen atoms in total. The predicted molar refractivity (Wildman–Crippen MR) is 92.5 cm³/mol.